The third-order valence-corrected chi connectivity index (χ3v) is 2.88. The van der Waals surface area contributed by atoms with Crippen LogP contribution in [0.4, 0.5) is 8.78 Å². The van der Waals surface area contributed by atoms with Crippen LogP contribution in [0.5, 0.6) is 0 Å². The van der Waals surface area contributed by atoms with Crippen molar-refractivity contribution >= 4 is 11.6 Å². The minimum absolute atomic E-state index is 0.00577. The fraction of sp³-hybridized carbons (Fsp3) is 0.333. The number of nitrogens with zero attached hydrogens (tertiary/aromatic N) is 3. The number of aromatic nitrogens is 3. The largest absolute Gasteiger partial charge is 0.266 e. The van der Waals surface area contributed by atoms with E-state index in [0.29, 0.717) is 5.82 Å². The van der Waals surface area contributed by atoms with Crippen LogP contribution in [-0.2, 0) is 0 Å². The van der Waals surface area contributed by atoms with Crippen LogP contribution < -0.4 is 0 Å². The predicted octanol–water partition coefficient (Wildman–Crippen LogP) is 3.63. The van der Waals surface area contributed by atoms with Gasteiger partial charge < -0.3 is 0 Å². The average Bonchev–Trinajstić information content (AvgIpc) is 2.66. The van der Waals surface area contributed by atoms with Crippen LogP contribution in [0.15, 0.2) is 12.1 Å². The van der Waals surface area contributed by atoms with E-state index in [1.54, 1.807) is 0 Å². The van der Waals surface area contributed by atoms with Gasteiger partial charge in [-0.1, -0.05) is 13.8 Å². The van der Waals surface area contributed by atoms with E-state index in [1.807, 2.05) is 13.8 Å². The van der Waals surface area contributed by atoms with Gasteiger partial charge in [-0.2, -0.15) is 0 Å². The lowest BCUT2D eigenvalue weighted by atomic mass is 10.1. The molecule has 1 aromatic heterocycles. The maximum absolute atomic E-state index is 13.9. The van der Waals surface area contributed by atoms with Gasteiger partial charge in [-0.05, 0) is 30.2 Å². The van der Waals surface area contributed by atoms with E-state index in [2.05, 4.69) is 10.2 Å². The second kappa shape index (κ2) is 4.65. The van der Waals surface area contributed by atoms with Gasteiger partial charge in [-0.15, -0.1) is 10.2 Å². The van der Waals surface area contributed by atoms with Crippen LogP contribution >= 0.6 is 11.6 Å². The van der Waals surface area contributed by atoms with E-state index in [4.69, 9.17) is 11.6 Å². The highest BCUT2D eigenvalue weighted by Crippen LogP contribution is 2.25. The first-order chi connectivity index (χ1) is 8.41. The molecule has 18 heavy (non-hydrogen) atoms. The maximum atomic E-state index is 13.9. The molecule has 2 rings (SSSR count). The summed E-state index contributed by atoms with van der Waals surface area (Å²) in [5.41, 5.74) is 0.267. The van der Waals surface area contributed by atoms with Crippen LogP contribution in [0.3, 0.4) is 0 Å². The monoisotopic (exact) mass is 271 g/mol. The molecule has 0 saturated carbocycles. The van der Waals surface area contributed by atoms with Gasteiger partial charge in [0, 0.05) is 12.0 Å². The van der Waals surface area contributed by atoms with E-state index in [0.717, 1.165) is 12.1 Å². The molecule has 3 nitrogen and oxygen atoms in total. The fourth-order valence-electron chi connectivity index (χ4n) is 1.68. The number of aryl methyl sites for hydroxylation is 1. The summed E-state index contributed by atoms with van der Waals surface area (Å²) in [5.74, 6) is -0.570. The molecule has 0 aliphatic heterocycles. The highest BCUT2D eigenvalue weighted by atomic mass is 35.5. The van der Waals surface area contributed by atoms with Crippen molar-refractivity contribution < 1.29 is 8.78 Å². The van der Waals surface area contributed by atoms with Gasteiger partial charge >= 0.3 is 0 Å². The summed E-state index contributed by atoms with van der Waals surface area (Å²) in [7, 11) is 0. The van der Waals surface area contributed by atoms with Gasteiger partial charge in [-0.3, -0.25) is 4.57 Å². The Balaban J connectivity index is 2.69. The number of benzene rings is 1. The van der Waals surface area contributed by atoms with Crippen molar-refractivity contribution in [1.82, 2.24) is 14.8 Å². The summed E-state index contributed by atoms with van der Waals surface area (Å²) in [5, 5.41) is 7.59. The van der Waals surface area contributed by atoms with Gasteiger partial charge in [0.1, 0.15) is 17.5 Å². The summed E-state index contributed by atoms with van der Waals surface area (Å²) in [4.78, 5) is 0. The molecule has 0 amide bonds. The van der Waals surface area contributed by atoms with Crippen LogP contribution in [0.1, 0.15) is 31.2 Å². The second-order valence-electron chi connectivity index (χ2n) is 4.37. The summed E-state index contributed by atoms with van der Waals surface area (Å²) < 4.78 is 28.8. The quantitative estimate of drug-likeness (QED) is 0.835. The third kappa shape index (κ3) is 2.10. The van der Waals surface area contributed by atoms with Crippen molar-refractivity contribution in [1.29, 1.82) is 0 Å². The first-order valence-corrected chi connectivity index (χ1v) is 5.86. The van der Waals surface area contributed by atoms with E-state index >= 15 is 0 Å². The van der Waals surface area contributed by atoms with Crippen LogP contribution in [-0.4, -0.2) is 14.8 Å². The van der Waals surface area contributed by atoms with Crippen molar-refractivity contribution in [2.24, 2.45) is 0 Å². The molecule has 0 bridgehead atoms. The normalized spacial score (nSPS) is 11.3. The van der Waals surface area contributed by atoms with E-state index in [-0.39, 0.29) is 22.5 Å². The summed E-state index contributed by atoms with van der Waals surface area (Å²) in [6.45, 7) is 5.25. The van der Waals surface area contributed by atoms with Crippen molar-refractivity contribution in [3.63, 3.8) is 0 Å². The minimum atomic E-state index is -0.558. The van der Waals surface area contributed by atoms with E-state index < -0.39 is 11.6 Å². The topological polar surface area (TPSA) is 30.7 Å². The molecule has 96 valence electrons. The molecule has 0 atom stereocenters. The van der Waals surface area contributed by atoms with Gasteiger partial charge in [0.05, 0.1) is 5.69 Å². The zero-order valence-electron chi connectivity index (χ0n) is 10.2. The summed E-state index contributed by atoms with van der Waals surface area (Å²) in [6.07, 6.45) is 0. The molecule has 0 unspecified atom stereocenters. The van der Waals surface area contributed by atoms with Crippen molar-refractivity contribution in [2.75, 3.05) is 0 Å². The molecule has 6 heteroatoms. The van der Waals surface area contributed by atoms with Crippen LogP contribution in [0.2, 0.25) is 5.28 Å². The Morgan fingerprint density at radius 2 is 1.83 bits per heavy atom. The smallest absolute Gasteiger partial charge is 0.229 e. The average molecular weight is 272 g/mol. The fourth-order valence-corrected chi connectivity index (χ4v) is 1.90. The highest BCUT2D eigenvalue weighted by molar-refractivity contribution is 6.28. The zero-order valence-corrected chi connectivity index (χ0v) is 11.0. The molecule has 0 aliphatic rings. The van der Waals surface area contributed by atoms with Crippen molar-refractivity contribution in [2.45, 2.75) is 26.7 Å². The summed E-state index contributed by atoms with van der Waals surface area (Å²) >= 11 is 5.89. The lowest BCUT2D eigenvalue weighted by Gasteiger charge is -2.11. The van der Waals surface area contributed by atoms with Crippen molar-refractivity contribution in [3.05, 3.63) is 40.4 Å². The van der Waals surface area contributed by atoms with E-state index in [9.17, 15) is 8.78 Å². The first-order valence-electron chi connectivity index (χ1n) is 5.48. The second-order valence-corrected chi connectivity index (χ2v) is 4.71. The lowest BCUT2D eigenvalue weighted by molar-refractivity contribution is 0.581. The first kappa shape index (κ1) is 13.0. The third-order valence-electron chi connectivity index (χ3n) is 2.63. The zero-order chi connectivity index (χ0) is 13.4. The van der Waals surface area contributed by atoms with E-state index in [1.165, 1.54) is 11.5 Å². The molecule has 2 aromatic rings. The Kier molecular flexibility index (Phi) is 3.34. The molecule has 0 spiro atoms. The Labute approximate surface area is 108 Å². The molecule has 0 N–H and O–H groups in total. The highest BCUT2D eigenvalue weighted by Gasteiger charge is 2.19. The Hall–Kier alpha value is -1.49. The summed E-state index contributed by atoms with van der Waals surface area (Å²) in [6, 6.07) is 2.23. The lowest BCUT2D eigenvalue weighted by Crippen LogP contribution is -2.06. The van der Waals surface area contributed by atoms with Gasteiger partial charge in [-0.25, -0.2) is 8.78 Å². The number of halogens is 3. The number of rotatable bonds is 2. The molecule has 1 heterocycles. The Morgan fingerprint density at radius 3 is 2.44 bits per heavy atom. The number of hydrogen-bond acceptors (Lipinski definition) is 2. The SMILES string of the molecule is Cc1cc(F)c(-n2c(Cl)nnc2C(C)C)cc1F. The van der Waals surface area contributed by atoms with Crippen LogP contribution in [0, 0.1) is 18.6 Å². The van der Waals surface area contributed by atoms with Crippen LogP contribution in [0.25, 0.3) is 5.69 Å². The molecule has 0 saturated heterocycles. The Morgan fingerprint density at radius 1 is 1.17 bits per heavy atom. The molecular formula is C12H12ClF2N3. The Bertz CT molecular complexity index is 593. The van der Waals surface area contributed by atoms with Gasteiger partial charge in [0.15, 0.2) is 0 Å². The molecular weight excluding hydrogens is 260 g/mol. The predicted molar refractivity (Wildman–Crippen MR) is 65.1 cm³/mol. The van der Waals surface area contributed by atoms with Gasteiger partial charge in [0.2, 0.25) is 5.28 Å². The molecule has 0 aliphatic carbocycles. The standard InChI is InChI=1S/C12H12ClF2N3/c1-6(2)11-16-17-12(13)18(11)10-5-8(14)7(3)4-9(10)15/h4-6H,1-3H3. The number of hydrogen-bond donors (Lipinski definition) is 0. The molecule has 0 radical (unpaired) electrons. The maximum Gasteiger partial charge on any atom is 0.229 e. The van der Waals surface area contributed by atoms with Crippen molar-refractivity contribution in [3.8, 4) is 5.69 Å². The minimum Gasteiger partial charge on any atom is -0.266 e. The molecule has 0 fully saturated rings. The van der Waals surface area contributed by atoms with Gasteiger partial charge in [0.25, 0.3) is 0 Å². The molecule has 1 aromatic carbocycles.